The second-order valence-electron chi connectivity index (χ2n) is 7.21. The second kappa shape index (κ2) is 8.25. The lowest BCUT2D eigenvalue weighted by molar-refractivity contribution is -0.135. The molecule has 1 aliphatic heterocycles. The van der Waals surface area contributed by atoms with E-state index in [0.717, 1.165) is 6.42 Å². The van der Waals surface area contributed by atoms with Gasteiger partial charge in [0.25, 0.3) is 5.91 Å². The summed E-state index contributed by atoms with van der Waals surface area (Å²) in [5, 5.41) is 2.92. The number of hydrogen-bond acceptors (Lipinski definition) is 3. The highest BCUT2D eigenvalue weighted by molar-refractivity contribution is 5.98. The van der Waals surface area contributed by atoms with Crippen molar-refractivity contribution in [3.63, 3.8) is 0 Å². The van der Waals surface area contributed by atoms with Crippen LogP contribution in [-0.2, 0) is 17.8 Å². The SMILES string of the molecule is COc1cccc(C(=O)N[C@H](C(=O)N2CCc3ccccc3C2)C(C)C)c1. The first-order chi connectivity index (χ1) is 13.0. The van der Waals surface area contributed by atoms with E-state index in [-0.39, 0.29) is 17.7 Å². The summed E-state index contributed by atoms with van der Waals surface area (Å²) in [5.74, 6) is 0.307. The Hall–Kier alpha value is -2.82. The van der Waals surface area contributed by atoms with E-state index in [1.54, 1.807) is 31.4 Å². The molecule has 2 aromatic carbocycles. The van der Waals surface area contributed by atoms with Crippen LogP contribution in [0.1, 0.15) is 35.3 Å². The molecule has 2 aromatic rings. The molecule has 0 saturated carbocycles. The number of rotatable bonds is 5. The van der Waals surface area contributed by atoms with Gasteiger partial charge in [-0.2, -0.15) is 0 Å². The first-order valence-corrected chi connectivity index (χ1v) is 9.30. The molecule has 1 N–H and O–H groups in total. The molecule has 2 amide bonds. The van der Waals surface area contributed by atoms with Crippen molar-refractivity contribution in [2.75, 3.05) is 13.7 Å². The van der Waals surface area contributed by atoms with Crippen LogP contribution < -0.4 is 10.1 Å². The summed E-state index contributed by atoms with van der Waals surface area (Å²) in [7, 11) is 1.56. The fourth-order valence-corrected chi connectivity index (χ4v) is 3.38. The van der Waals surface area contributed by atoms with Crippen molar-refractivity contribution in [2.45, 2.75) is 32.9 Å². The molecule has 5 heteroatoms. The van der Waals surface area contributed by atoms with Gasteiger partial charge < -0.3 is 15.0 Å². The van der Waals surface area contributed by atoms with Crippen LogP contribution >= 0.6 is 0 Å². The number of carbonyl (C=O) groups excluding carboxylic acids is 2. The minimum absolute atomic E-state index is 0.00997. The Bertz CT molecular complexity index is 832. The minimum Gasteiger partial charge on any atom is -0.497 e. The van der Waals surface area contributed by atoms with Gasteiger partial charge in [-0.15, -0.1) is 0 Å². The summed E-state index contributed by atoms with van der Waals surface area (Å²) in [4.78, 5) is 27.6. The van der Waals surface area contributed by atoms with Crippen LogP contribution in [0.15, 0.2) is 48.5 Å². The summed E-state index contributed by atoms with van der Waals surface area (Å²) >= 11 is 0. The van der Waals surface area contributed by atoms with Gasteiger partial charge in [0, 0.05) is 18.7 Å². The fraction of sp³-hybridized carbons (Fsp3) is 0.364. The van der Waals surface area contributed by atoms with E-state index < -0.39 is 6.04 Å². The van der Waals surface area contributed by atoms with Gasteiger partial charge >= 0.3 is 0 Å². The third-order valence-electron chi connectivity index (χ3n) is 4.99. The number of ether oxygens (including phenoxy) is 1. The van der Waals surface area contributed by atoms with Gasteiger partial charge in [-0.1, -0.05) is 44.2 Å². The molecule has 5 nitrogen and oxygen atoms in total. The molecule has 0 bridgehead atoms. The monoisotopic (exact) mass is 366 g/mol. The molecule has 0 radical (unpaired) electrons. The van der Waals surface area contributed by atoms with Crippen molar-refractivity contribution in [2.24, 2.45) is 5.92 Å². The summed E-state index contributed by atoms with van der Waals surface area (Å²) in [5.41, 5.74) is 2.96. The molecule has 0 fully saturated rings. The number of amides is 2. The third kappa shape index (κ3) is 4.30. The highest BCUT2D eigenvalue weighted by Crippen LogP contribution is 2.20. The van der Waals surface area contributed by atoms with Crippen LogP contribution in [0.3, 0.4) is 0 Å². The number of benzene rings is 2. The van der Waals surface area contributed by atoms with Gasteiger partial charge in [-0.05, 0) is 41.7 Å². The van der Waals surface area contributed by atoms with Gasteiger partial charge in [0.1, 0.15) is 11.8 Å². The Morgan fingerprint density at radius 3 is 2.52 bits per heavy atom. The molecule has 0 saturated heterocycles. The van der Waals surface area contributed by atoms with Crippen LogP contribution in [0.25, 0.3) is 0 Å². The van der Waals surface area contributed by atoms with Crippen molar-refractivity contribution in [1.29, 1.82) is 0 Å². The molecule has 1 atom stereocenters. The molecule has 0 unspecified atom stereocenters. The van der Waals surface area contributed by atoms with Crippen LogP contribution in [0, 0.1) is 5.92 Å². The average molecular weight is 366 g/mol. The maximum atomic E-state index is 13.1. The fourth-order valence-electron chi connectivity index (χ4n) is 3.38. The average Bonchev–Trinajstić information content (AvgIpc) is 2.70. The zero-order chi connectivity index (χ0) is 19.4. The van der Waals surface area contributed by atoms with E-state index in [1.807, 2.05) is 30.9 Å². The molecule has 27 heavy (non-hydrogen) atoms. The van der Waals surface area contributed by atoms with E-state index in [9.17, 15) is 9.59 Å². The van der Waals surface area contributed by atoms with Crippen molar-refractivity contribution < 1.29 is 14.3 Å². The van der Waals surface area contributed by atoms with E-state index in [0.29, 0.717) is 24.4 Å². The topological polar surface area (TPSA) is 58.6 Å². The second-order valence-corrected chi connectivity index (χ2v) is 7.21. The van der Waals surface area contributed by atoms with E-state index >= 15 is 0 Å². The maximum Gasteiger partial charge on any atom is 0.252 e. The Kier molecular flexibility index (Phi) is 5.79. The van der Waals surface area contributed by atoms with E-state index in [2.05, 4.69) is 17.4 Å². The molecule has 0 aromatic heterocycles. The molecule has 0 spiro atoms. The number of carbonyl (C=O) groups is 2. The van der Waals surface area contributed by atoms with E-state index in [1.165, 1.54) is 11.1 Å². The predicted octanol–water partition coefficient (Wildman–Crippen LogP) is 3.03. The van der Waals surface area contributed by atoms with Crippen LogP contribution in [-0.4, -0.2) is 36.4 Å². The van der Waals surface area contributed by atoms with Gasteiger partial charge in [-0.25, -0.2) is 0 Å². The summed E-state index contributed by atoms with van der Waals surface area (Å²) < 4.78 is 5.18. The number of nitrogens with one attached hydrogen (secondary N) is 1. The molecule has 1 heterocycles. The zero-order valence-electron chi connectivity index (χ0n) is 16.1. The summed E-state index contributed by atoms with van der Waals surface area (Å²) in [6.45, 7) is 5.17. The molecule has 3 rings (SSSR count). The van der Waals surface area contributed by atoms with Gasteiger partial charge in [0.15, 0.2) is 0 Å². The van der Waals surface area contributed by atoms with Crippen molar-refractivity contribution in [3.8, 4) is 5.75 Å². The van der Waals surface area contributed by atoms with E-state index in [4.69, 9.17) is 4.74 Å². The number of hydrogen-bond donors (Lipinski definition) is 1. The van der Waals surface area contributed by atoms with Crippen molar-refractivity contribution in [1.82, 2.24) is 10.2 Å². The van der Waals surface area contributed by atoms with Gasteiger partial charge in [0.2, 0.25) is 5.91 Å². The van der Waals surface area contributed by atoms with Gasteiger partial charge in [0.05, 0.1) is 7.11 Å². The lowest BCUT2D eigenvalue weighted by atomic mass is 9.97. The molecular formula is C22H26N2O3. The quantitative estimate of drug-likeness (QED) is 0.885. The normalized spacial score (nSPS) is 14.4. The van der Waals surface area contributed by atoms with Crippen molar-refractivity contribution >= 4 is 11.8 Å². The zero-order valence-corrected chi connectivity index (χ0v) is 16.1. The Morgan fingerprint density at radius 2 is 1.81 bits per heavy atom. The Morgan fingerprint density at radius 1 is 1.07 bits per heavy atom. The van der Waals surface area contributed by atoms with Crippen LogP contribution in [0.4, 0.5) is 0 Å². The minimum atomic E-state index is -0.561. The molecule has 142 valence electrons. The standard InChI is InChI=1S/C22H26N2O3/c1-15(2)20(23-21(25)17-9-6-10-19(13-17)27-3)22(26)24-12-11-16-7-4-5-8-18(16)14-24/h4-10,13,15,20H,11-12,14H2,1-3H3,(H,23,25)/t20-/m0/s1. The highest BCUT2D eigenvalue weighted by Gasteiger charge is 2.30. The molecular weight excluding hydrogens is 340 g/mol. The predicted molar refractivity (Wildman–Crippen MR) is 105 cm³/mol. The van der Waals surface area contributed by atoms with Crippen LogP contribution in [0.2, 0.25) is 0 Å². The smallest absolute Gasteiger partial charge is 0.252 e. The Labute approximate surface area is 160 Å². The largest absolute Gasteiger partial charge is 0.497 e. The van der Waals surface area contributed by atoms with Crippen molar-refractivity contribution in [3.05, 3.63) is 65.2 Å². The summed E-state index contributed by atoms with van der Waals surface area (Å²) in [6.07, 6.45) is 0.844. The Balaban J connectivity index is 1.73. The molecule has 1 aliphatic rings. The highest BCUT2D eigenvalue weighted by atomic mass is 16.5. The first kappa shape index (κ1) is 19.0. The number of fused-ring (bicyclic) bond motifs is 1. The maximum absolute atomic E-state index is 13.1. The summed E-state index contributed by atoms with van der Waals surface area (Å²) in [6, 6.07) is 14.6. The first-order valence-electron chi connectivity index (χ1n) is 9.30. The molecule has 0 aliphatic carbocycles. The lowest BCUT2D eigenvalue weighted by Gasteiger charge is -2.33. The lowest BCUT2D eigenvalue weighted by Crippen LogP contribution is -2.52. The third-order valence-corrected chi connectivity index (χ3v) is 4.99. The van der Waals surface area contributed by atoms with Gasteiger partial charge in [-0.3, -0.25) is 9.59 Å². The number of nitrogens with zero attached hydrogens (tertiary/aromatic N) is 1. The number of methoxy groups -OCH3 is 1. The van der Waals surface area contributed by atoms with Crippen LogP contribution in [0.5, 0.6) is 5.75 Å².